The van der Waals surface area contributed by atoms with Crippen LogP contribution in [0.3, 0.4) is 0 Å². The van der Waals surface area contributed by atoms with Crippen LogP contribution in [0.25, 0.3) is 0 Å². The summed E-state index contributed by atoms with van der Waals surface area (Å²) in [5.41, 5.74) is 0.642. The Morgan fingerprint density at radius 3 is 2.70 bits per heavy atom. The number of anilines is 2. The van der Waals surface area contributed by atoms with Gasteiger partial charge in [0.25, 0.3) is 0 Å². The number of nitro groups is 1. The fourth-order valence-electron chi connectivity index (χ4n) is 1.24. The van der Waals surface area contributed by atoms with E-state index in [4.69, 9.17) is 35.4 Å². The molecule has 0 bridgehead atoms. The summed E-state index contributed by atoms with van der Waals surface area (Å²) in [6, 6.07) is 4.94. The molecular formula is C10H6Cl2N4O2S2. The van der Waals surface area contributed by atoms with Crippen LogP contribution in [-0.4, -0.2) is 15.0 Å². The highest BCUT2D eigenvalue weighted by Crippen LogP contribution is 2.26. The van der Waals surface area contributed by atoms with Gasteiger partial charge in [0.1, 0.15) is 6.20 Å². The standard InChI is InChI=1S/C10H6Cl2N4O2S2/c11-6-2-1-5(3-7(6)12)14-9(19)15-10-13-4-8(20-10)16(17)18/h1-4H,(H2,13,14,15,19). The van der Waals surface area contributed by atoms with Crippen molar-refractivity contribution >= 4 is 67.7 Å². The van der Waals surface area contributed by atoms with Crippen molar-refractivity contribution in [2.45, 2.75) is 0 Å². The average Bonchev–Trinajstić information content (AvgIpc) is 2.82. The predicted molar refractivity (Wildman–Crippen MR) is 85.1 cm³/mol. The lowest BCUT2D eigenvalue weighted by atomic mass is 10.3. The first-order chi connectivity index (χ1) is 9.45. The fourth-order valence-corrected chi connectivity index (χ4v) is 2.45. The molecule has 20 heavy (non-hydrogen) atoms. The van der Waals surface area contributed by atoms with Gasteiger partial charge in [-0.3, -0.25) is 10.1 Å². The molecule has 2 aromatic rings. The normalized spacial score (nSPS) is 10.1. The van der Waals surface area contributed by atoms with Gasteiger partial charge in [0.05, 0.1) is 15.0 Å². The lowest BCUT2D eigenvalue weighted by molar-refractivity contribution is -0.380. The van der Waals surface area contributed by atoms with Crippen molar-refractivity contribution in [3.8, 4) is 0 Å². The molecule has 0 aliphatic rings. The van der Waals surface area contributed by atoms with Crippen molar-refractivity contribution in [2.24, 2.45) is 0 Å². The smallest absolute Gasteiger partial charge is 0.332 e. The maximum Gasteiger partial charge on any atom is 0.345 e. The summed E-state index contributed by atoms with van der Waals surface area (Å²) in [7, 11) is 0. The molecule has 0 spiro atoms. The van der Waals surface area contributed by atoms with Gasteiger partial charge in [0, 0.05) is 5.69 Å². The van der Waals surface area contributed by atoms with Crippen molar-refractivity contribution in [3.63, 3.8) is 0 Å². The third kappa shape index (κ3) is 3.76. The molecule has 1 heterocycles. The van der Waals surface area contributed by atoms with Gasteiger partial charge in [-0.05, 0) is 41.8 Å². The molecule has 1 aromatic carbocycles. The molecule has 0 atom stereocenters. The molecule has 0 fully saturated rings. The number of hydrogen-bond acceptors (Lipinski definition) is 5. The molecule has 1 aromatic heterocycles. The van der Waals surface area contributed by atoms with Gasteiger partial charge in [-0.2, -0.15) is 0 Å². The van der Waals surface area contributed by atoms with E-state index in [9.17, 15) is 10.1 Å². The largest absolute Gasteiger partial charge is 0.345 e. The first-order valence-electron chi connectivity index (χ1n) is 5.09. The van der Waals surface area contributed by atoms with Gasteiger partial charge >= 0.3 is 5.00 Å². The Kier molecular flexibility index (Phi) is 4.71. The van der Waals surface area contributed by atoms with E-state index in [1.54, 1.807) is 18.2 Å². The van der Waals surface area contributed by atoms with Gasteiger partial charge < -0.3 is 10.6 Å². The minimum Gasteiger partial charge on any atom is -0.332 e. The van der Waals surface area contributed by atoms with E-state index in [1.807, 2.05) is 0 Å². The summed E-state index contributed by atoms with van der Waals surface area (Å²) >= 11 is 17.6. The van der Waals surface area contributed by atoms with Crippen LogP contribution in [0, 0.1) is 10.1 Å². The van der Waals surface area contributed by atoms with Crippen molar-refractivity contribution in [1.29, 1.82) is 0 Å². The zero-order valence-corrected chi connectivity index (χ0v) is 12.7. The van der Waals surface area contributed by atoms with Crippen LogP contribution in [0.4, 0.5) is 15.8 Å². The second-order valence-corrected chi connectivity index (χ2v) is 5.70. The van der Waals surface area contributed by atoms with Gasteiger partial charge in [0.2, 0.25) is 0 Å². The Balaban J connectivity index is 2.01. The van der Waals surface area contributed by atoms with E-state index in [-0.39, 0.29) is 10.1 Å². The number of aromatic nitrogens is 1. The minimum absolute atomic E-state index is 0.0650. The molecule has 2 rings (SSSR count). The average molecular weight is 349 g/mol. The van der Waals surface area contributed by atoms with E-state index in [0.29, 0.717) is 20.9 Å². The Labute approximate surface area is 132 Å². The highest BCUT2D eigenvalue weighted by Gasteiger charge is 2.12. The fraction of sp³-hybridized carbons (Fsp3) is 0. The molecule has 0 unspecified atom stereocenters. The molecule has 10 heteroatoms. The molecular weight excluding hydrogens is 343 g/mol. The molecule has 0 aliphatic carbocycles. The van der Waals surface area contributed by atoms with Crippen LogP contribution in [0.15, 0.2) is 24.4 Å². The van der Waals surface area contributed by atoms with Gasteiger partial charge in [0.15, 0.2) is 10.2 Å². The Hall–Kier alpha value is -1.48. The number of halogens is 2. The van der Waals surface area contributed by atoms with Gasteiger partial charge in [-0.25, -0.2) is 4.98 Å². The van der Waals surface area contributed by atoms with Crippen LogP contribution >= 0.6 is 46.8 Å². The van der Waals surface area contributed by atoms with Crippen LogP contribution < -0.4 is 10.6 Å². The number of benzene rings is 1. The molecule has 0 saturated heterocycles. The zero-order valence-electron chi connectivity index (χ0n) is 9.59. The number of thiazole rings is 1. The van der Waals surface area contributed by atoms with Crippen molar-refractivity contribution in [3.05, 3.63) is 44.6 Å². The Bertz CT molecular complexity index is 677. The van der Waals surface area contributed by atoms with Gasteiger partial charge in [-0.1, -0.05) is 23.2 Å². The summed E-state index contributed by atoms with van der Waals surface area (Å²) in [5.74, 6) is 0. The third-order valence-corrected chi connectivity index (χ3v) is 3.88. The van der Waals surface area contributed by atoms with Crippen LogP contribution in [0.5, 0.6) is 0 Å². The Morgan fingerprint density at radius 2 is 2.10 bits per heavy atom. The quantitative estimate of drug-likeness (QED) is 0.492. The molecule has 0 saturated carbocycles. The van der Waals surface area contributed by atoms with E-state index in [0.717, 1.165) is 17.5 Å². The highest BCUT2D eigenvalue weighted by atomic mass is 35.5. The summed E-state index contributed by atoms with van der Waals surface area (Å²) in [4.78, 5) is 13.9. The first-order valence-corrected chi connectivity index (χ1v) is 7.07. The molecule has 0 amide bonds. The second kappa shape index (κ2) is 6.31. The topological polar surface area (TPSA) is 80.1 Å². The van der Waals surface area contributed by atoms with Crippen LogP contribution in [-0.2, 0) is 0 Å². The van der Waals surface area contributed by atoms with Gasteiger partial charge in [-0.15, -0.1) is 0 Å². The minimum atomic E-state index is -0.516. The summed E-state index contributed by atoms with van der Waals surface area (Å²) < 4.78 is 0. The second-order valence-electron chi connectivity index (χ2n) is 3.47. The number of nitrogens with one attached hydrogen (secondary N) is 2. The van der Waals surface area contributed by atoms with Crippen LogP contribution in [0.1, 0.15) is 0 Å². The first kappa shape index (κ1) is 14.9. The molecule has 104 valence electrons. The van der Waals surface area contributed by atoms with Crippen molar-refractivity contribution in [1.82, 2.24) is 4.98 Å². The Morgan fingerprint density at radius 1 is 1.35 bits per heavy atom. The number of thiocarbonyl (C=S) groups is 1. The lowest BCUT2D eigenvalue weighted by Crippen LogP contribution is -2.18. The molecule has 0 aliphatic heterocycles. The summed E-state index contributed by atoms with van der Waals surface area (Å²) in [6.45, 7) is 0. The van der Waals surface area contributed by atoms with E-state index in [2.05, 4.69) is 15.6 Å². The van der Waals surface area contributed by atoms with Crippen molar-refractivity contribution in [2.75, 3.05) is 10.6 Å². The maximum atomic E-state index is 10.5. The van der Waals surface area contributed by atoms with E-state index < -0.39 is 4.92 Å². The summed E-state index contributed by atoms with van der Waals surface area (Å²) in [6.07, 6.45) is 1.16. The van der Waals surface area contributed by atoms with Crippen molar-refractivity contribution < 1.29 is 4.92 Å². The zero-order chi connectivity index (χ0) is 14.7. The lowest BCUT2D eigenvalue weighted by Gasteiger charge is -2.08. The molecule has 6 nitrogen and oxygen atoms in total. The maximum absolute atomic E-state index is 10.5. The highest BCUT2D eigenvalue weighted by molar-refractivity contribution is 7.80. The van der Waals surface area contributed by atoms with Crippen LogP contribution in [0.2, 0.25) is 10.0 Å². The third-order valence-electron chi connectivity index (χ3n) is 2.07. The monoisotopic (exact) mass is 348 g/mol. The summed E-state index contributed by atoms with van der Waals surface area (Å²) in [5, 5.41) is 17.5. The molecule has 0 radical (unpaired) electrons. The van der Waals surface area contributed by atoms with E-state index >= 15 is 0 Å². The number of hydrogen-bond donors (Lipinski definition) is 2. The predicted octanol–water partition coefficient (Wildman–Crippen LogP) is 4.17. The number of rotatable bonds is 3. The SMILES string of the molecule is O=[N+]([O-])c1cnc(NC(=S)Nc2ccc(Cl)c(Cl)c2)s1. The number of nitrogens with zero attached hydrogens (tertiary/aromatic N) is 2. The van der Waals surface area contributed by atoms with E-state index in [1.165, 1.54) is 0 Å². The molecule has 2 N–H and O–H groups in total.